The van der Waals surface area contributed by atoms with Gasteiger partial charge in [-0.2, -0.15) is 0 Å². The van der Waals surface area contributed by atoms with Crippen LogP contribution >= 0.6 is 12.4 Å². The average molecular weight is 283 g/mol. The van der Waals surface area contributed by atoms with Gasteiger partial charge in [-0.1, -0.05) is 6.07 Å². The van der Waals surface area contributed by atoms with Gasteiger partial charge < -0.3 is 15.4 Å². The first kappa shape index (κ1) is 14.2. The summed E-state index contributed by atoms with van der Waals surface area (Å²) in [7, 11) is 0. The van der Waals surface area contributed by atoms with Crippen molar-refractivity contribution in [2.24, 2.45) is 5.92 Å². The van der Waals surface area contributed by atoms with Gasteiger partial charge in [-0.15, -0.1) is 12.4 Å². The van der Waals surface area contributed by atoms with Crippen LogP contribution in [0.5, 0.6) is 0 Å². The Morgan fingerprint density at radius 1 is 1.42 bits per heavy atom. The van der Waals surface area contributed by atoms with E-state index in [1.165, 1.54) is 0 Å². The highest BCUT2D eigenvalue weighted by Crippen LogP contribution is 2.32. The van der Waals surface area contributed by atoms with E-state index in [0.717, 1.165) is 42.7 Å². The molecule has 1 saturated heterocycles. The zero-order chi connectivity index (χ0) is 12.5. The lowest BCUT2D eigenvalue weighted by molar-refractivity contribution is -0.122. The first-order chi connectivity index (χ1) is 8.77. The summed E-state index contributed by atoms with van der Waals surface area (Å²) in [5.74, 6) is 0.219. The molecule has 0 saturated carbocycles. The van der Waals surface area contributed by atoms with E-state index in [0.29, 0.717) is 13.2 Å². The molecule has 4 nitrogen and oxygen atoms in total. The van der Waals surface area contributed by atoms with Gasteiger partial charge >= 0.3 is 0 Å². The molecule has 0 radical (unpaired) electrons. The molecule has 2 aliphatic heterocycles. The second-order valence-electron chi connectivity index (χ2n) is 5.00. The molecule has 1 amide bonds. The molecule has 0 aliphatic carbocycles. The minimum absolute atomic E-state index is 0. The molecule has 0 spiro atoms. The summed E-state index contributed by atoms with van der Waals surface area (Å²) in [6.07, 6.45) is 2.79. The fourth-order valence-electron chi connectivity index (χ4n) is 2.83. The number of carbonyl (C=O) groups excluding carboxylic acids is 1. The Bertz CT molecular complexity index is 473. The second-order valence-corrected chi connectivity index (χ2v) is 5.00. The Hall–Kier alpha value is -1.26. The number of nitrogen functional groups attached to an aromatic ring is 1. The third-order valence-corrected chi connectivity index (χ3v) is 3.83. The number of halogens is 1. The van der Waals surface area contributed by atoms with Crippen molar-refractivity contribution in [3.05, 3.63) is 23.8 Å². The summed E-state index contributed by atoms with van der Waals surface area (Å²) in [4.78, 5) is 14.4. The Kier molecular flexibility index (Phi) is 4.32. The van der Waals surface area contributed by atoms with Gasteiger partial charge in [0.2, 0.25) is 5.91 Å². The number of hydrogen-bond donors (Lipinski definition) is 1. The maximum absolute atomic E-state index is 12.5. The molecule has 2 aliphatic rings. The van der Waals surface area contributed by atoms with Crippen LogP contribution in [0.4, 0.5) is 11.4 Å². The third kappa shape index (κ3) is 2.55. The summed E-state index contributed by atoms with van der Waals surface area (Å²) in [6, 6.07) is 5.83. The quantitative estimate of drug-likeness (QED) is 0.802. The van der Waals surface area contributed by atoms with Crippen molar-refractivity contribution in [1.82, 2.24) is 0 Å². The number of benzene rings is 1. The highest BCUT2D eigenvalue weighted by Gasteiger charge is 2.31. The van der Waals surface area contributed by atoms with E-state index in [9.17, 15) is 4.79 Å². The van der Waals surface area contributed by atoms with Gasteiger partial charge in [0.1, 0.15) is 0 Å². The molecule has 19 heavy (non-hydrogen) atoms. The van der Waals surface area contributed by atoms with E-state index in [2.05, 4.69) is 0 Å². The van der Waals surface area contributed by atoms with Crippen LogP contribution in [0.1, 0.15) is 18.4 Å². The predicted molar refractivity (Wildman–Crippen MR) is 77.7 cm³/mol. The van der Waals surface area contributed by atoms with E-state index in [1.807, 2.05) is 23.1 Å². The Labute approximate surface area is 119 Å². The van der Waals surface area contributed by atoms with Crippen LogP contribution in [-0.2, 0) is 16.0 Å². The number of carbonyl (C=O) groups is 1. The number of rotatable bonds is 1. The van der Waals surface area contributed by atoms with Gasteiger partial charge in [-0.25, -0.2) is 0 Å². The van der Waals surface area contributed by atoms with Crippen LogP contribution in [0.15, 0.2) is 18.2 Å². The van der Waals surface area contributed by atoms with Gasteiger partial charge in [-0.3, -0.25) is 4.79 Å². The first-order valence-electron chi connectivity index (χ1n) is 6.54. The van der Waals surface area contributed by atoms with Gasteiger partial charge in [0, 0.05) is 24.5 Å². The normalized spacial score (nSPS) is 21.7. The Morgan fingerprint density at radius 2 is 2.26 bits per heavy atom. The van der Waals surface area contributed by atoms with Gasteiger partial charge in [0.05, 0.1) is 12.5 Å². The summed E-state index contributed by atoms with van der Waals surface area (Å²) in [5, 5.41) is 0. The van der Waals surface area contributed by atoms with Gasteiger partial charge in [0.15, 0.2) is 0 Å². The number of nitrogens with zero attached hydrogens (tertiary/aromatic N) is 1. The van der Waals surface area contributed by atoms with E-state index in [4.69, 9.17) is 10.5 Å². The molecule has 0 aromatic heterocycles. The molecular formula is C14H19ClN2O2. The van der Waals surface area contributed by atoms with E-state index in [1.54, 1.807) is 0 Å². The molecular weight excluding hydrogens is 264 g/mol. The number of amides is 1. The molecule has 3 rings (SSSR count). The van der Waals surface area contributed by atoms with Crippen LogP contribution in [0.2, 0.25) is 0 Å². The fraction of sp³-hybridized carbons (Fsp3) is 0.500. The van der Waals surface area contributed by atoms with Crippen LogP contribution in [0.25, 0.3) is 0 Å². The SMILES string of the molecule is Cl.Nc1cccc2c1CCCN2C(=O)C1CCOC1. The average Bonchev–Trinajstić information content (AvgIpc) is 2.92. The van der Waals surface area contributed by atoms with Gasteiger partial charge in [-0.05, 0) is 37.0 Å². The molecule has 1 unspecified atom stereocenters. The molecule has 1 aromatic rings. The molecule has 2 N–H and O–H groups in total. The summed E-state index contributed by atoms with van der Waals surface area (Å²) >= 11 is 0. The Balaban J connectivity index is 0.00000133. The minimum Gasteiger partial charge on any atom is -0.398 e. The lowest BCUT2D eigenvalue weighted by atomic mass is 9.97. The number of anilines is 2. The molecule has 1 atom stereocenters. The van der Waals surface area contributed by atoms with Gasteiger partial charge in [0.25, 0.3) is 0 Å². The van der Waals surface area contributed by atoms with Crippen molar-refractivity contribution in [3.8, 4) is 0 Å². The van der Waals surface area contributed by atoms with Crippen LogP contribution in [0, 0.1) is 5.92 Å². The monoisotopic (exact) mass is 282 g/mol. The number of ether oxygens (including phenoxy) is 1. The maximum atomic E-state index is 12.5. The molecule has 1 aromatic carbocycles. The van der Waals surface area contributed by atoms with Crippen molar-refractivity contribution in [3.63, 3.8) is 0 Å². The van der Waals surface area contributed by atoms with E-state index in [-0.39, 0.29) is 24.2 Å². The molecule has 5 heteroatoms. The van der Waals surface area contributed by atoms with Crippen molar-refractivity contribution in [2.75, 3.05) is 30.4 Å². The van der Waals surface area contributed by atoms with Crippen molar-refractivity contribution in [1.29, 1.82) is 0 Å². The molecule has 0 bridgehead atoms. The smallest absolute Gasteiger partial charge is 0.232 e. The lowest BCUT2D eigenvalue weighted by Crippen LogP contribution is -2.40. The van der Waals surface area contributed by atoms with E-state index >= 15 is 0 Å². The minimum atomic E-state index is 0. The van der Waals surface area contributed by atoms with Crippen LogP contribution in [-0.4, -0.2) is 25.7 Å². The zero-order valence-electron chi connectivity index (χ0n) is 10.8. The predicted octanol–water partition coefficient (Wildman–Crippen LogP) is 2.01. The van der Waals surface area contributed by atoms with Crippen molar-refractivity contribution >= 4 is 29.7 Å². The number of fused-ring (bicyclic) bond motifs is 1. The van der Waals surface area contributed by atoms with Crippen molar-refractivity contribution < 1.29 is 9.53 Å². The summed E-state index contributed by atoms with van der Waals surface area (Å²) in [5.41, 5.74) is 8.91. The van der Waals surface area contributed by atoms with E-state index < -0.39 is 0 Å². The second kappa shape index (κ2) is 5.80. The molecule has 104 valence electrons. The van der Waals surface area contributed by atoms with Crippen LogP contribution < -0.4 is 10.6 Å². The highest BCUT2D eigenvalue weighted by atomic mass is 35.5. The number of hydrogen-bond acceptors (Lipinski definition) is 3. The standard InChI is InChI=1S/C14H18N2O2.ClH/c15-12-4-1-5-13-11(12)3-2-7-16(13)14(17)10-6-8-18-9-10;/h1,4-5,10H,2-3,6-9,15H2;1H. The maximum Gasteiger partial charge on any atom is 0.232 e. The third-order valence-electron chi connectivity index (χ3n) is 3.83. The first-order valence-corrected chi connectivity index (χ1v) is 6.54. The molecule has 2 heterocycles. The summed E-state index contributed by atoms with van der Waals surface area (Å²) in [6.45, 7) is 2.06. The fourth-order valence-corrected chi connectivity index (χ4v) is 2.83. The lowest BCUT2D eigenvalue weighted by Gasteiger charge is -2.31. The molecule has 1 fully saturated rings. The number of nitrogens with two attached hydrogens (primary N) is 1. The largest absolute Gasteiger partial charge is 0.398 e. The van der Waals surface area contributed by atoms with Crippen molar-refractivity contribution in [2.45, 2.75) is 19.3 Å². The topological polar surface area (TPSA) is 55.6 Å². The Morgan fingerprint density at radius 3 is 3.00 bits per heavy atom. The summed E-state index contributed by atoms with van der Waals surface area (Å²) < 4.78 is 5.31. The zero-order valence-corrected chi connectivity index (χ0v) is 11.6. The highest BCUT2D eigenvalue weighted by molar-refractivity contribution is 5.97. The van der Waals surface area contributed by atoms with Crippen LogP contribution in [0.3, 0.4) is 0 Å².